The van der Waals surface area contributed by atoms with Gasteiger partial charge in [-0.05, 0) is 73.5 Å². The van der Waals surface area contributed by atoms with Crippen LogP contribution in [0.15, 0.2) is 77.6 Å². The first-order valence-electron chi connectivity index (χ1n) is 18.4. The van der Waals surface area contributed by atoms with E-state index in [1.54, 1.807) is 28.2 Å². The van der Waals surface area contributed by atoms with Gasteiger partial charge in [0, 0.05) is 52.7 Å². The number of piperidine rings is 2. The van der Waals surface area contributed by atoms with Crippen LogP contribution in [0.4, 0.5) is 10.5 Å². The summed E-state index contributed by atoms with van der Waals surface area (Å²) >= 11 is 0. The molecule has 12 heteroatoms. The first-order chi connectivity index (χ1) is 25.3. The zero-order valence-electron chi connectivity index (χ0n) is 30.1. The molecule has 0 radical (unpaired) electrons. The summed E-state index contributed by atoms with van der Waals surface area (Å²) in [4.78, 5) is 61.1. The average molecular weight is 709 g/mol. The summed E-state index contributed by atoms with van der Waals surface area (Å²) < 4.78 is 14.0. The maximum atomic E-state index is 13.9. The van der Waals surface area contributed by atoms with Crippen molar-refractivity contribution in [2.75, 3.05) is 57.8 Å². The molecule has 4 heterocycles. The number of piperazine rings is 1. The number of imidazole rings is 1. The number of methoxy groups -OCH3 is 1. The van der Waals surface area contributed by atoms with Crippen LogP contribution < -0.4 is 15.3 Å². The van der Waals surface area contributed by atoms with E-state index in [2.05, 4.69) is 15.9 Å². The molecule has 0 spiro atoms. The number of hydrogen-bond donors (Lipinski definition) is 0. The molecule has 52 heavy (non-hydrogen) atoms. The second-order valence-corrected chi connectivity index (χ2v) is 14.2. The number of aromatic nitrogens is 2. The number of aryl methyl sites for hydroxylation is 1. The SMILES string of the molecule is COc1ccc(CN2C(=O)CCC(n3c(=O)n(C)c4c(N5CCC(CCN6CCN(C(=O)OCc7ccccc7)CC6)CC5)cccc43)C2=O)cc1. The van der Waals surface area contributed by atoms with Gasteiger partial charge in [0.2, 0.25) is 5.91 Å². The van der Waals surface area contributed by atoms with Crippen LogP contribution in [0.1, 0.15) is 49.3 Å². The molecular weight excluding hydrogens is 660 g/mol. The summed E-state index contributed by atoms with van der Waals surface area (Å²) in [5, 5.41) is 0. The van der Waals surface area contributed by atoms with Crippen molar-refractivity contribution in [3.63, 3.8) is 0 Å². The predicted molar refractivity (Wildman–Crippen MR) is 198 cm³/mol. The Hall–Kier alpha value is -5.10. The Morgan fingerprint density at radius 3 is 2.25 bits per heavy atom. The van der Waals surface area contributed by atoms with Gasteiger partial charge in [0.05, 0.1) is 30.4 Å². The van der Waals surface area contributed by atoms with Crippen molar-refractivity contribution in [2.45, 2.75) is 51.3 Å². The first kappa shape index (κ1) is 35.3. The highest BCUT2D eigenvalue weighted by atomic mass is 16.6. The van der Waals surface area contributed by atoms with Crippen LogP contribution in [0, 0.1) is 5.92 Å². The second kappa shape index (κ2) is 15.6. The van der Waals surface area contributed by atoms with Crippen LogP contribution in [0.2, 0.25) is 0 Å². The molecule has 3 fully saturated rings. The topological polar surface area (TPSA) is 110 Å². The predicted octanol–water partition coefficient (Wildman–Crippen LogP) is 4.80. The summed E-state index contributed by atoms with van der Waals surface area (Å²) in [6.07, 6.45) is 3.46. The molecule has 4 aromatic rings. The Bertz CT molecular complexity index is 1940. The maximum Gasteiger partial charge on any atom is 0.410 e. The van der Waals surface area contributed by atoms with Crippen LogP contribution >= 0.6 is 0 Å². The van der Waals surface area contributed by atoms with Crippen LogP contribution in [-0.4, -0.2) is 94.7 Å². The van der Waals surface area contributed by atoms with Crippen molar-refractivity contribution in [1.29, 1.82) is 0 Å². The highest BCUT2D eigenvalue weighted by Gasteiger charge is 2.38. The van der Waals surface area contributed by atoms with Crippen molar-refractivity contribution in [2.24, 2.45) is 13.0 Å². The van der Waals surface area contributed by atoms with Crippen molar-refractivity contribution in [3.8, 4) is 5.75 Å². The molecule has 0 saturated carbocycles. The van der Waals surface area contributed by atoms with Gasteiger partial charge in [-0.1, -0.05) is 48.5 Å². The summed E-state index contributed by atoms with van der Waals surface area (Å²) in [5.74, 6) is 0.727. The smallest absolute Gasteiger partial charge is 0.410 e. The lowest BCUT2D eigenvalue weighted by Gasteiger charge is -2.37. The number of fused-ring (bicyclic) bond motifs is 1. The number of nitrogens with zero attached hydrogens (tertiary/aromatic N) is 6. The zero-order chi connectivity index (χ0) is 36.2. The zero-order valence-corrected chi connectivity index (χ0v) is 30.1. The van der Waals surface area contributed by atoms with Crippen LogP contribution in [0.25, 0.3) is 11.0 Å². The van der Waals surface area contributed by atoms with Gasteiger partial charge in [0.25, 0.3) is 5.91 Å². The third-order valence-corrected chi connectivity index (χ3v) is 11.0. The lowest BCUT2D eigenvalue weighted by atomic mass is 9.93. The fraction of sp³-hybridized carbons (Fsp3) is 0.450. The fourth-order valence-electron chi connectivity index (χ4n) is 7.91. The van der Waals surface area contributed by atoms with E-state index in [4.69, 9.17) is 9.47 Å². The van der Waals surface area contributed by atoms with Gasteiger partial charge < -0.3 is 19.3 Å². The summed E-state index contributed by atoms with van der Waals surface area (Å²) in [6, 6.07) is 22.2. The molecule has 274 valence electrons. The molecular formula is C40H48N6O6. The minimum absolute atomic E-state index is 0.151. The molecule has 1 aromatic heterocycles. The van der Waals surface area contributed by atoms with Gasteiger partial charge in [-0.2, -0.15) is 0 Å². The quantitative estimate of drug-likeness (QED) is 0.216. The van der Waals surface area contributed by atoms with Gasteiger partial charge in [0.15, 0.2) is 0 Å². The number of carbonyl (C=O) groups is 3. The monoisotopic (exact) mass is 708 g/mol. The molecule has 1 unspecified atom stereocenters. The molecule has 3 saturated heterocycles. The highest BCUT2D eigenvalue weighted by molar-refractivity contribution is 6.00. The molecule has 7 rings (SSSR count). The Kier molecular flexibility index (Phi) is 10.6. The van der Waals surface area contributed by atoms with Gasteiger partial charge in [0.1, 0.15) is 18.4 Å². The summed E-state index contributed by atoms with van der Waals surface area (Å²) in [7, 11) is 3.36. The van der Waals surface area contributed by atoms with E-state index in [1.165, 1.54) is 4.90 Å². The highest BCUT2D eigenvalue weighted by Crippen LogP contribution is 2.34. The van der Waals surface area contributed by atoms with Crippen LogP contribution in [0.3, 0.4) is 0 Å². The van der Waals surface area contributed by atoms with Gasteiger partial charge in [-0.3, -0.25) is 28.5 Å². The van der Waals surface area contributed by atoms with Crippen molar-refractivity contribution in [3.05, 3.63) is 94.4 Å². The Morgan fingerprint density at radius 2 is 1.54 bits per heavy atom. The molecule has 0 N–H and O–H groups in total. The molecule has 3 aliphatic heterocycles. The lowest BCUT2D eigenvalue weighted by molar-refractivity contribution is -0.151. The van der Waals surface area contributed by atoms with E-state index >= 15 is 0 Å². The Morgan fingerprint density at radius 1 is 0.808 bits per heavy atom. The molecule has 12 nitrogen and oxygen atoms in total. The molecule has 3 aliphatic rings. The number of benzene rings is 3. The minimum Gasteiger partial charge on any atom is -0.497 e. The van der Waals surface area contributed by atoms with E-state index in [1.807, 2.05) is 66.7 Å². The van der Waals surface area contributed by atoms with Crippen molar-refractivity contribution < 1.29 is 23.9 Å². The number of ether oxygens (including phenoxy) is 2. The number of para-hydroxylation sites is 1. The number of anilines is 1. The number of likely N-dealkylation sites (tertiary alicyclic amines) is 1. The normalized spacial score (nSPS) is 19.0. The average Bonchev–Trinajstić information content (AvgIpc) is 3.44. The number of amides is 3. The van der Waals surface area contributed by atoms with Crippen LogP contribution in [-0.2, 0) is 34.5 Å². The third-order valence-electron chi connectivity index (χ3n) is 11.0. The molecule has 3 amide bonds. The molecule has 0 bridgehead atoms. The van der Waals surface area contributed by atoms with Gasteiger partial charge in [-0.15, -0.1) is 0 Å². The largest absolute Gasteiger partial charge is 0.497 e. The number of hydrogen-bond acceptors (Lipinski definition) is 8. The van der Waals surface area contributed by atoms with Gasteiger partial charge >= 0.3 is 11.8 Å². The number of carbonyl (C=O) groups excluding carboxylic acids is 3. The standard InChI is InChI=1S/C40H48N6O6/c1-41-37-33(43-21-18-29(19-22-43)17-20-42-23-25-44(26-24-42)40(50)52-28-31-7-4-3-5-8-31)9-6-10-34(37)46(39(41)49)35-15-16-36(47)45(38(35)48)27-30-11-13-32(51-2)14-12-30/h3-14,29,35H,15-28H2,1-2H3. The van der Waals surface area contributed by atoms with E-state index in [0.717, 1.165) is 74.3 Å². The Balaban J connectivity index is 0.944. The van der Waals surface area contributed by atoms with Crippen molar-refractivity contribution in [1.82, 2.24) is 23.8 Å². The summed E-state index contributed by atoms with van der Waals surface area (Å²) in [6.45, 7) is 6.29. The summed E-state index contributed by atoms with van der Waals surface area (Å²) in [5.41, 5.74) is 4.09. The fourth-order valence-corrected chi connectivity index (χ4v) is 7.91. The lowest BCUT2D eigenvalue weighted by Crippen LogP contribution is -2.49. The maximum absolute atomic E-state index is 13.9. The third kappa shape index (κ3) is 7.43. The van der Waals surface area contributed by atoms with E-state index in [-0.39, 0.29) is 36.6 Å². The van der Waals surface area contributed by atoms with E-state index < -0.39 is 6.04 Å². The van der Waals surface area contributed by atoms with Gasteiger partial charge in [-0.25, -0.2) is 9.59 Å². The second-order valence-electron chi connectivity index (χ2n) is 14.2. The van der Waals surface area contributed by atoms with Crippen LogP contribution in [0.5, 0.6) is 5.75 Å². The molecule has 3 aromatic carbocycles. The first-order valence-corrected chi connectivity index (χ1v) is 18.4. The number of imide groups is 1. The Labute approximate surface area is 304 Å². The minimum atomic E-state index is -0.755. The van der Waals surface area contributed by atoms with Crippen molar-refractivity contribution >= 4 is 34.6 Å². The number of rotatable bonds is 10. The molecule has 1 atom stereocenters. The van der Waals surface area contributed by atoms with E-state index in [0.29, 0.717) is 43.3 Å². The van der Waals surface area contributed by atoms with E-state index in [9.17, 15) is 19.2 Å². The molecule has 0 aliphatic carbocycles.